The van der Waals surface area contributed by atoms with Gasteiger partial charge in [0.2, 0.25) is 0 Å². The van der Waals surface area contributed by atoms with Crippen LogP contribution in [0.25, 0.3) is 11.1 Å². The van der Waals surface area contributed by atoms with Crippen molar-refractivity contribution in [1.82, 2.24) is 4.98 Å². The lowest BCUT2D eigenvalue weighted by Gasteiger charge is -2.14. The summed E-state index contributed by atoms with van der Waals surface area (Å²) in [7, 11) is 0. The third kappa shape index (κ3) is 4.60. The van der Waals surface area contributed by atoms with Gasteiger partial charge in [-0.15, -0.1) is 13.2 Å². The minimum atomic E-state index is -4.82. The molecule has 0 aliphatic carbocycles. The van der Waals surface area contributed by atoms with Crippen LogP contribution in [0.15, 0.2) is 64.5 Å². The fourth-order valence-electron chi connectivity index (χ4n) is 2.58. The summed E-state index contributed by atoms with van der Waals surface area (Å²) < 4.78 is 41.0. The Kier molecular flexibility index (Phi) is 5.62. The van der Waals surface area contributed by atoms with Crippen molar-refractivity contribution in [2.45, 2.75) is 16.3 Å². The Morgan fingerprint density at radius 3 is 2.10 bits per heavy atom. The third-order valence-electron chi connectivity index (χ3n) is 3.75. The van der Waals surface area contributed by atoms with E-state index in [0.717, 1.165) is 17.0 Å². The van der Waals surface area contributed by atoms with Crippen LogP contribution in [0.3, 0.4) is 0 Å². The predicted molar refractivity (Wildman–Crippen MR) is 101 cm³/mol. The van der Waals surface area contributed by atoms with Gasteiger partial charge < -0.3 is 10.5 Å². The first kappa shape index (κ1) is 20.1. The highest BCUT2D eigenvalue weighted by molar-refractivity contribution is 7.99. The molecular weight excluding hydrogens is 401 g/mol. The van der Waals surface area contributed by atoms with Gasteiger partial charge in [0, 0.05) is 10.5 Å². The molecule has 0 spiro atoms. The number of hydrogen-bond acceptors (Lipinski definition) is 6. The number of pyridine rings is 1. The highest BCUT2D eigenvalue weighted by Gasteiger charge is 2.31. The normalized spacial score (nSPS) is 10.8. The molecule has 0 bridgehead atoms. The zero-order chi connectivity index (χ0) is 21.0. The number of hydrogen-bond donors (Lipinski definition) is 1. The zero-order valence-electron chi connectivity index (χ0n) is 14.6. The van der Waals surface area contributed by atoms with Crippen molar-refractivity contribution >= 4 is 17.6 Å². The largest absolute Gasteiger partial charge is 0.573 e. The topological polar surface area (TPSA) is 95.7 Å². The summed E-state index contributed by atoms with van der Waals surface area (Å²) in [5, 5.41) is 19.5. The van der Waals surface area contributed by atoms with E-state index < -0.39 is 12.1 Å². The minimum Gasteiger partial charge on any atom is -0.406 e. The number of aromatic nitrogens is 1. The number of nitrogens with zero attached hydrogens (tertiary/aromatic N) is 3. The van der Waals surface area contributed by atoms with E-state index in [1.54, 1.807) is 0 Å². The van der Waals surface area contributed by atoms with Crippen molar-refractivity contribution in [1.29, 1.82) is 10.5 Å². The van der Waals surface area contributed by atoms with Crippen LogP contribution < -0.4 is 10.5 Å². The highest BCUT2D eigenvalue weighted by atomic mass is 32.2. The zero-order valence-corrected chi connectivity index (χ0v) is 15.4. The van der Waals surface area contributed by atoms with E-state index in [2.05, 4.69) is 9.72 Å². The molecule has 1 heterocycles. The van der Waals surface area contributed by atoms with Crippen molar-refractivity contribution in [2.75, 3.05) is 5.73 Å². The monoisotopic (exact) mass is 412 g/mol. The van der Waals surface area contributed by atoms with E-state index >= 15 is 0 Å². The number of alkyl halides is 3. The van der Waals surface area contributed by atoms with E-state index in [1.807, 2.05) is 42.5 Å². The van der Waals surface area contributed by atoms with Crippen LogP contribution in [-0.4, -0.2) is 11.3 Å². The molecule has 0 radical (unpaired) electrons. The first-order valence-electron chi connectivity index (χ1n) is 8.05. The Bertz CT molecular complexity index is 1120. The van der Waals surface area contributed by atoms with Crippen molar-refractivity contribution in [3.63, 3.8) is 0 Å². The second-order valence-corrected chi connectivity index (χ2v) is 6.70. The molecule has 1 aromatic heterocycles. The fourth-order valence-corrected chi connectivity index (χ4v) is 3.49. The van der Waals surface area contributed by atoms with Crippen LogP contribution in [0.2, 0.25) is 0 Å². The molecule has 2 N–H and O–H groups in total. The molecule has 0 unspecified atom stereocenters. The number of anilines is 1. The molecule has 9 heteroatoms. The molecule has 144 valence electrons. The second-order valence-electron chi connectivity index (χ2n) is 5.64. The molecular formula is C20H11F3N4OS. The maximum absolute atomic E-state index is 12.4. The smallest absolute Gasteiger partial charge is 0.406 e. The Morgan fingerprint density at radius 1 is 0.931 bits per heavy atom. The molecule has 0 aliphatic rings. The van der Waals surface area contributed by atoms with E-state index in [1.165, 1.54) is 23.9 Å². The Balaban J connectivity index is 2.12. The lowest BCUT2D eigenvalue weighted by atomic mass is 9.97. The van der Waals surface area contributed by atoms with Gasteiger partial charge in [-0.25, -0.2) is 4.98 Å². The molecule has 29 heavy (non-hydrogen) atoms. The summed E-state index contributed by atoms with van der Waals surface area (Å²) in [6.07, 6.45) is -4.82. The summed E-state index contributed by atoms with van der Waals surface area (Å²) in [6.45, 7) is 0. The van der Waals surface area contributed by atoms with Gasteiger partial charge in [0.25, 0.3) is 0 Å². The van der Waals surface area contributed by atoms with E-state index in [0.29, 0.717) is 10.6 Å². The van der Waals surface area contributed by atoms with Crippen molar-refractivity contribution in [3.05, 3.63) is 65.7 Å². The van der Waals surface area contributed by atoms with Gasteiger partial charge in [0.15, 0.2) is 0 Å². The molecule has 0 aliphatic heterocycles. The predicted octanol–water partition coefficient (Wildman–Crippen LogP) is 5.12. The van der Waals surface area contributed by atoms with Gasteiger partial charge in [0.1, 0.15) is 34.3 Å². The van der Waals surface area contributed by atoms with Crippen LogP contribution in [0.1, 0.15) is 11.1 Å². The summed E-state index contributed by atoms with van der Waals surface area (Å²) in [6, 6.07) is 17.9. The Hall–Kier alpha value is -3.69. The number of nitriles is 2. The molecule has 0 saturated heterocycles. The van der Waals surface area contributed by atoms with Gasteiger partial charge in [-0.3, -0.25) is 0 Å². The van der Waals surface area contributed by atoms with Gasteiger partial charge in [0.05, 0.1) is 5.56 Å². The summed E-state index contributed by atoms with van der Waals surface area (Å²) in [5.41, 5.74) is 6.56. The average Bonchev–Trinajstić information content (AvgIpc) is 2.68. The number of nitrogen functional groups attached to an aromatic ring is 1. The van der Waals surface area contributed by atoms with Gasteiger partial charge in [-0.05, 0) is 29.8 Å². The lowest BCUT2D eigenvalue weighted by Crippen LogP contribution is -2.16. The number of halogens is 3. The fraction of sp³-hybridized carbons (Fsp3) is 0.0500. The number of rotatable bonds is 4. The van der Waals surface area contributed by atoms with Crippen LogP contribution in [0.4, 0.5) is 19.0 Å². The third-order valence-corrected chi connectivity index (χ3v) is 4.75. The molecule has 0 saturated carbocycles. The van der Waals surface area contributed by atoms with E-state index in [9.17, 15) is 23.7 Å². The lowest BCUT2D eigenvalue weighted by molar-refractivity contribution is -0.274. The molecule has 0 amide bonds. The number of nitrogens with two attached hydrogens (primary N) is 1. The van der Waals surface area contributed by atoms with E-state index in [-0.39, 0.29) is 22.5 Å². The van der Waals surface area contributed by atoms with Crippen molar-refractivity contribution < 1.29 is 17.9 Å². The van der Waals surface area contributed by atoms with Crippen LogP contribution in [0.5, 0.6) is 5.75 Å². The molecule has 3 aromatic rings. The first-order valence-corrected chi connectivity index (χ1v) is 8.87. The summed E-state index contributed by atoms with van der Waals surface area (Å²) >= 11 is 1.20. The average molecular weight is 412 g/mol. The maximum Gasteiger partial charge on any atom is 0.573 e. The van der Waals surface area contributed by atoms with Gasteiger partial charge in [-0.1, -0.05) is 42.1 Å². The van der Waals surface area contributed by atoms with Crippen LogP contribution >= 0.6 is 11.8 Å². The minimum absolute atomic E-state index is 0.0246. The molecule has 2 aromatic carbocycles. The Labute approximate surface area is 168 Å². The SMILES string of the molecule is N#Cc1c(N)nc(Sc2ccccc2)c(C#N)c1-c1ccc(OC(F)(F)F)cc1. The summed E-state index contributed by atoms with van der Waals surface area (Å²) in [4.78, 5) is 4.99. The molecule has 5 nitrogen and oxygen atoms in total. The molecule has 3 rings (SSSR count). The van der Waals surface area contributed by atoms with Gasteiger partial charge in [-0.2, -0.15) is 10.5 Å². The highest BCUT2D eigenvalue weighted by Crippen LogP contribution is 2.38. The first-order chi connectivity index (χ1) is 13.8. The summed E-state index contributed by atoms with van der Waals surface area (Å²) in [5.74, 6) is -0.491. The van der Waals surface area contributed by atoms with Crippen molar-refractivity contribution in [3.8, 4) is 29.0 Å². The Morgan fingerprint density at radius 2 is 1.55 bits per heavy atom. The molecule has 0 atom stereocenters. The van der Waals surface area contributed by atoms with Crippen LogP contribution in [-0.2, 0) is 0 Å². The quantitative estimate of drug-likeness (QED) is 0.639. The second kappa shape index (κ2) is 8.13. The number of benzene rings is 2. The van der Waals surface area contributed by atoms with E-state index in [4.69, 9.17) is 5.73 Å². The van der Waals surface area contributed by atoms with Crippen molar-refractivity contribution in [2.24, 2.45) is 0 Å². The molecule has 0 fully saturated rings. The number of ether oxygens (including phenoxy) is 1. The van der Waals surface area contributed by atoms with Gasteiger partial charge >= 0.3 is 6.36 Å². The standard InChI is InChI=1S/C20H11F3N4OS/c21-20(22,23)28-13-8-6-12(7-9-13)17-15(10-24)18(26)27-19(16(17)11-25)29-14-4-2-1-3-5-14/h1-9H,(H2,26,27). The maximum atomic E-state index is 12.4. The van der Waals surface area contributed by atoms with Crippen LogP contribution in [0, 0.1) is 22.7 Å².